The van der Waals surface area contributed by atoms with Crippen molar-refractivity contribution in [2.24, 2.45) is 0 Å². The van der Waals surface area contributed by atoms with Crippen molar-refractivity contribution in [1.29, 1.82) is 0 Å². The van der Waals surface area contributed by atoms with E-state index in [9.17, 15) is 4.79 Å². The van der Waals surface area contributed by atoms with E-state index in [-0.39, 0.29) is 17.9 Å². The average Bonchev–Trinajstić information content (AvgIpc) is 2.67. The van der Waals surface area contributed by atoms with E-state index in [0.717, 1.165) is 17.7 Å². The first-order valence-electron chi connectivity index (χ1n) is 6.75. The highest BCUT2D eigenvalue weighted by atomic mass is 16.7. The molecule has 0 spiro atoms. The van der Waals surface area contributed by atoms with E-state index >= 15 is 0 Å². The van der Waals surface area contributed by atoms with Crippen LogP contribution in [-0.4, -0.2) is 42.9 Å². The summed E-state index contributed by atoms with van der Waals surface area (Å²) in [4.78, 5) is 20.1. The molecule has 0 aromatic heterocycles. The van der Waals surface area contributed by atoms with Gasteiger partial charge in [-0.2, -0.15) is 0 Å². The van der Waals surface area contributed by atoms with Gasteiger partial charge in [0.1, 0.15) is 0 Å². The van der Waals surface area contributed by atoms with Crippen LogP contribution in [0, 0.1) is 0 Å². The predicted molar refractivity (Wildman–Crippen MR) is 75.0 cm³/mol. The van der Waals surface area contributed by atoms with E-state index in [0.29, 0.717) is 6.42 Å². The third-order valence-corrected chi connectivity index (χ3v) is 3.55. The Morgan fingerprint density at radius 1 is 1.42 bits per heavy atom. The maximum absolute atomic E-state index is 12.4. The summed E-state index contributed by atoms with van der Waals surface area (Å²) in [5.74, 6) is 1.12. The Hall–Kier alpha value is -1.39. The Balaban J connectivity index is 2.34. The third kappa shape index (κ3) is 2.65. The van der Waals surface area contributed by atoms with Crippen molar-refractivity contribution in [3.63, 3.8) is 0 Å². The SMILES string of the molecule is CCCC(=O)C(C1c2ccccc2ON1C)N(C)C. The van der Waals surface area contributed by atoms with Gasteiger partial charge in [-0.05, 0) is 26.6 Å². The normalized spacial score (nSPS) is 20.2. The first-order valence-corrected chi connectivity index (χ1v) is 6.75. The molecule has 1 heterocycles. The molecule has 0 fully saturated rings. The summed E-state index contributed by atoms with van der Waals surface area (Å²) in [6.45, 7) is 2.04. The molecule has 0 aliphatic carbocycles. The van der Waals surface area contributed by atoms with E-state index in [1.807, 2.05) is 57.2 Å². The van der Waals surface area contributed by atoms with Crippen LogP contribution < -0.4 is 4.84 Å². The number of likely N-dealkylation sites (N-methyl/N-ethyl adjacent to an activating group) is 2. The van der Waals surface area contributed by atoms with Crippen LogP contribution in [0.15, 0.2) is 24.3 Å². The number of carbonyl (C=O) groups excluding carboxylic acids is 1. The number of Topliss-reactive ketones (excluding diaryl/α,β-unsaturated/α-hetero) is 1. The number of carbonyl (C=O) groups is 1. The largest absolute Gasteiger partial charge is 0.405 e. The summed E-state index contributed by atoms with van der Waals surface area (Å²) in [7, 11) is 5.79. The zero-order chi connectivity index (χ0) is 14.0. The lowest BCUT2D eigenvalue weighted by atomic mass is 9.93. The van der Waals surface area contributed by atoms with Gasteiger partial charge in [-0.25, -0.2) is 0 Å². The van der Waals surface area contributed by atoms with E-state index in [4.69, 9.17) is 4.84 Å². The highest BCUT2D eigenvalue weighted by Gasteiger charge is 2.40. The smallest absolute Gasteiger partial charge is 0.152 e. The molecule has 104 valence electrons. The molecule has 0 radical (unpaired) electrons. The van der Waals surface area contributed by atoms with Crippen molar-refractivity contribution in [3.05, 3.63) is 29.8 Å². The van der Waals surface area contributed by atoms with Crippen LogP contribution >= 0.6 is 0 Å². The molecule has 4 heteroatoms. The topological polar surface area (TPSA) is 32.8 Å². The molecule has 1 aliphatic heterocycles. The number of para-hydroxylation sites is 1. The predicted octanol–water partition coefficient (Wildman–Crippen LogP) is 2.27. The first-order chi connectivity index (χ1) is 9.06. The number of rotatable bonds is 5. The van der Waals surface area contributed by atoms with Gasteiger partial charge in [-0.15, -0.1) is 5.06 Å². The molecule has 0 bridgehead atoms. The Morgan fingerprint density at radius 2 is 2.11 bits per heavy atom. The van der Waals surface area contributed by atoms with E-state index in [1.165, 1.54) is 0 Å². The van der Waals surface area contributed by atoms with Crippen molar-refractivity contribution in [1.82, 2.24) is 9.96 Å². The minimum absolute atomic E-state index is 0.0368. The number of hydrogen-bond acceptors (Lipinski definition) is 4. The molecular formula is C15H22N2O2. The van der Waals surface area contributed by atoms with Gasteiger partial charge >= 0.3 is 0 Å². The summed E-state index contributed by atoms with van der Waals surface area (Å²) >= 11 is 0. The number of ketones is 1. The van der Waals surface area contributed by atoms with Gasteiger partial charge < -0.3 is 4.84 Å². The molecule has 4 nitrogen and oxygen atoms in total. The van der Waals surface area contributed by atoms with Crippen molar-refractivity contribution in [3.8, 4) is 5.75 Å². The fourth-order valence-electron chi connectivity index (χ4n) is 2.73. The molecule has 1 aromatic carbocycles. The van der Waals surface area contributed by atoms with Crippen LogP contribution in [0.3, 0.4) is 0 Å². The van der Waals surface area contributed by atoms with Gasteiger partial charge in [0.25, 0.3) is 0 Å². The minimum Gasteiger partial charge on any atom is -0.405 e. The molecule has 0 amide bonds. The lowest BCUT2D eigenvalue weighted by molar-refractivity contribution is -0.131. The molecular weight excluding hydrogens is 240 g/mol. The molecule has 2 atom stereocenters. The minimum atomic E-state index is -0.173. The lowest BCUT2D eigenvalue weighted by Gasteiger charge is -2.31. The van der Waals surface area contributed by atoms with E-state index in [1.54, 1.807) is 5.06 Å². The zero-order valence-corrected chi connectivity index (χ0v) is 12.1. The Morgan fingerprint density at radius 3 is 2.74 bits per heavy atom. The van der Waals surface area contributed by atoms with Crippen LogP contribution in [0.25, 0.3) is 0 Å². The van der Waals surface area contributed by atoms with Crippen molar-refractivity contribution in [2.45, 2.75) is 31.8 Å². The molecule has 2 unspecified atom stereocenters. The molecule has 2 rings (SSSR count). The second kappa shape index (κ2) is 5.72. The maximum Gasteiger partial charge on any atom is 0.152 e. The van der Waals surface area contributed by atoms with E-state index < -0.39 is 0 Å². The molecule has 19 heavy (non-hydrogen) atoms. The van der Waals surface area contributed by atoms with Crippen LogP contribution in [0.4, 0.5) is 0 Å². The Kier molecular flexibility index (Phi) is 4.22. The molecule has 1 aliphatic rings. The fraction of sp³-hybridized carbons (Fsp3) is 0.533. The molecule has 1 aromatic rings. The average molecular weight is 262 g/mol. The number of hydrogen-bond donors (Lipinski definition) is 0. The van der Waals surface area contributed by atoms with Crippen molar-refractivity contribution >= 4 is 5.78 Å². The number of hydroxylamine groups is 2. The van der Waals surface area contributed by atoms with Crippen LogP contribution in [0.5, 0.6) is 5.75 Å². The number of nitrogens with zero attached hydrogens (tertiary/aromatic N) is 2. The highest BCUT2D eigenvalue weighted by Crippen LogP contribution is 2.39. The molecule has 0 saturated heterocycles. The maximum atomic E-state index is 12.4. The third-order valence-electron chi connectivity index (χ3n) is 3.55. The summed E-state index contributed by atoms with van der Waals surface area (Å²) in [5, 5.41) is 1.79. The summed E-state index contributed by atoms with van der Waals surface area (Å²) in [6.07, 6.45) is 1.48. The van der Waals surface area contributed by atoms with Gasteiger partial charge in [-0.1, -0.05) is 25.1 Å². The van der Waals surface area contributed by atoms with Crippen molar-refractivity contribution < 1.29 is 9.63 Å². The fourth-order valence-corrected chi connectivity index (χ4v) is 2.73. The van der Waals surface area contributed by atoms with Crippen LogP contribution in [0.2, 0.25) is 0 Å². The quantitative estimate of drug-likeness (QED) is 0.815. The number of benzene rings is 1. The van der Waals surface area contributed by atoms with Crippen LogP contribution in [-0.2, 0) is 4.79 Å². The van der Waals surface area contributed by atoms with Gasteiger partial charge in [-0.3, -0.25) is 9.69 Å². The van der Waals surface area contributed by atoms with Gasteiger partial charge in [0.15, 0.2) is 11.5 Å². The molecule has 0 saturated carbocycles. The van der Waals surface area contributed by atoms with Gasteiger partial charge in [0.2, 0.25) is 0 Å². The van der Waals surface area contributed by atoms with Gasteiger partial charge in [0.05, 0.1) is 12.1 Å². The second-order valence-electron chi connectivity index (χ2n) is 5.24. The molecule has 0 N–H and O–H groups in total. The van der Waals surface area contributed by atoms with E-state index in [2.05, 4.69) is 0 Å². The van der Waals surface area contributed by atoms with Crippen molar-refractivity contribution in [2.75, 3.05) is 21.1 Å². The second-order valence-corrected chi connectivity index (χ2v) is 5.24. The van der Waals surface area contributed by atoms with Gasteiger partial charge in [0, 0.05) is 19.0 Å². The standard InChI is InChI=1S/C15H22N2O2/c1-5-8-12(18)15(16(2)3)14-11-9-6-7-10-13(11)19-17(14)4/h6-7,9-10,14-15H,5,8H2,1-4H3. The first kappa shape index (κ1) is 14.0. The Bertz CT molecular complexity index is 459. The van der Waals surface area contributed by atoms with Crippen LogP contribution in [0.1, 0.15) is 31.4 Å². The number of fused-ring (bicyclic) bond motifs is 1. The monoisotopic (exact) mass is 262 g/mol. The lowest BCUT2D eigenvalue weighted by Crippen LogP contribution is -2.45. The summed E-state index contributed by atoms with van der Waals surface area (Å²) in [5.41, 5.74) is 1.09. The highest BCUT2D eigenvalue weighted by molar-refractivity contribution is 5.85. The Labute approximate surface area is 114 Å². The zero-order valence-electron chi connectivity index (χ0n) is 12.1. The summed E-state index contributed by atoms with van der Waals surface area (Å²) < 4.78 is 0. The summed E-state index contributed by atoms with van der Waals surface area (Å²) in [6, 6.07) is 7.72.